The molecule has 8 nitrogen and oxygen atoms in total. The SMILES string of the molecule is COC(=O)CC(NC(=O)c1cc(-c2ccco2)nc2ccccc12)c1ccc(OC)c(OC)c1. The summed E-state index contributed by atoms with van der Waals surface area (Å²) < 4.78 is 21.0. The summed E-state index contributed by atoms with van der Waals surface area (Å²) >= 11 is 0. The number of fused-ring (bicyclic) bond motifs is 1. The first kappa shape index (κ1) is 22.8. The zero-order valence-corrected chi connectivity index (χ0v) is 19.0. The van der Waals surface area contributed by atoms with Gasteiger partial charge < -0.3 is 23.9 Å². The van der Waals surface area contributed by atoms with Gasteiger partial charge in [0.1, 0.15) is 5.69 Å². The highest BCUT2D eigenvalue weighted by Gasteiger charge is 2.23. The van der Waals surface area contributed by atoms with Crippen molar-refractivity contribution < 1.29 is 28.2 Å². The van der Waals surface area contributed by atoms with E-state index in [0.717, 1.165) is 0 Å². The second kappa shape index (κ2) is 10.1. The lowest BCUT2D eigenvalue weighted by Gasteiger charge is -2.20. The number of nitrogens with zero attached hydrogens (tertiary/aromatic N) is 1. The number of esters is 1. The largest absolute Gasteiger partial charge is 0.493 e. The lowest BCUT2D eigenvalue weighted by molar-refractivity contribution is -0.141. The maximum absolute atomic E-state index is 13.5. The van der Waals surface area contributed by atoms with E-state index >= 15 is 0 Å². The van der Waals surface area contributed by atoms with Crippen LogP contribution in [0.25, 0.3) is 22.4 Å². The summed E-state index contributed by atoms with van der Waals surface area (Å²) in [5.41, 5.74) is 2.26. The topological polar surface area (TPSA) is 99.9 Å². The molecule has 0 aliphatic carbocycles. The number of hydrogen-bond acceptors (Lipinski definition) is 7. The van der Waals surface area contributed by atoms with Crippen molar-refractivity contribution in [1.29, 1.82) is 0 Å². The number of carbonyl (C=O) groups excluding carboxylic acids is 2. The van der Waals surface area contributed by atoms with Crippen LogP contribution in [-0.4, -0.2) is 38.2 Å². The molecule has 2 aromatic carbocycles. The van der Waals surface area contributed by atoms with Crippen LogP contribution in [0.2, 0.25) is 0 Å². The fourth-order valence-corrected chi connectivity index (χ4v) is 3.72. The van der Waals surface area contributed by atoms with E-state index in [4.69, 9.17) is 18.6 Å². The van der Waals surface area contributed by atoms with Gasteiger partial charge in [0.2, 0.25) is 0 Å². The van der Waals surface area contributed by atoms with E-state index in [0.29, 0.717) is 45.0 Å². The van der Waals surface area contributed by atoms with Gasteiger partial charge in [-0.3, -0.25) is 9.59 Å². The number of amides is 1. The van der Waals surface area contributed by atoms with E-state index < -0.39 is 12.0 Å². The summed E-state index contributed by atoms with van der Waals surface area (Å²) in [7, 11) is 4.37. The minimum Gasteiger partial charge on any atom is -0.493 e. The Morgan fingerprint density at radius 2 is 1.76 bits per heavy atom. The van der Waals surface area contributed by atoms with E-state index in [1.165, 1.54) is 21.3 Å². The van der Waals surface area contributed by atoms with E-state index in [9.17, 15) is 9.59 Å². The summed E-state index contributed by atoms with van der Waals surface area (Å²) in [6.45, 7) is 0. The number of methoxy groups -OCH3 is 3. The van der Waals surface area contributed by atoms with Crippen LogP contribution < -0.4 is 14.8 Å². The van der Waals surface area contributed by atoms with E-state index in [1.807, 2.05) is 24.3 Å². The Hall–Kier alpha value is -4.33. The van der Waals surface area contributed by atoms with Crippen LogP contribution in [0.4, 0.5) is 0 Å². The average Bonchev–Trinajstić information content (AvgIpc) is 3.42. The summed E-state index contributed by atoms with van der Waals surface area (Å²) in [6, 6.07) is 17.1. The van der Waals surface area contributed by atoms with Crippen molar-refractivity contribution in [2.24, 2.45) is 0 Å². The maximum atomic E-state index is 13.5. The standard InChI is InChI=1S/C26H24N2O6/c1-31-23-11-10-16(13-24(23)32-2)20(15-25(29)33-3)28-26(30)18-14-21(22-9-6-12-34-22)27-19-8-5-4-7-17(18)19/h4-14,20H,15H2,1-3H3,(H,28,30). The number of ether oxygens (including phenoxy) is 3. The number of nitrogens with one attached hydrogen (secondary N) is 1. The molecule has 0 fully saturated rings. The Kier molecular flexibility index (Phi) is 6.77. The Bertz CT molecular complexity index is 1320. The molecule has 8 heteroatoms. The van der Waals surface area contributed by atoms with Crippen molar-refractivity contribution in [3.63, 3.8) is 0 Å². The van der Waals surface area contributed by atoms with Crippen molar-refractivity contribution in [3.8, 4) is 23.0 Å². The number of carbonyl (C=O) groups is 2. The van der Waals surface area contributed by atoms with Crippen LogP contribution >= 0.6 is 0 Å². The number of para-hydroxylation sites is 1. The van der Waals surface area contributed by atoms with Gasteiger partial charge in [-0.1, -0.05) is 24.3 Å². The molecule has 0 bridgehead atoms. The highest BCUT2D eigenvalue weighted by molar-refractivity contribution is 6.07. The molecule has 4 rings (SSSR count). The highest BCUT2D eigenvalue weighted by atomic mass is 16.5. The number of benzene rings is 2. The molecule has 34 heavy (non-hydrogen) atoms. The van der Waals surface area contributed by atoms with Crippen molar-refractivity contribution in [2.45, 2.75) is 12.5 Å². The molecule has 0 aliphatic heterocycles. The molecule has 0 aliphatic rings. The van der Waals surface area contributed by atoms with Gasteiger partial charge in [-0.25, -0.2) is 4.98 Å². The highest BCUT2D eigenvalue weighted by Crippen LogP contribution is 2.32. The molecule has 174 valence electrons. The Morgan fingerprint density at radius 3 is 2.47 bits per heavy atom. The molecule has 0 radical (unpaired) electrons. The molecule has 0 saturated heterocycles. The predicted molar refractivity (Wildman–Crippen MR) is 126 cm³/mol. The quantitative estimate of drug-likeness (QED) is 0.385. The fourth-order valence-electron chi connectivity index (χ4n) is 3.72. The minimum absolute atomic E-state index is 0.0637. The third-order valence-corrected chi connectivity index (χ3v) is 5.45. The van der Waals surface area contributed by atoms with E-state index in [2.05, 4.69) is 10.3 Å². The van der Waals surface area contributed by atoms with Gasteiger partial charge in [-0.2, -0.15) is 0 Å². The molecule has 1 N–H and O–H groups in total. The van der Waals surface area contributed by atoms with Gasteiger partial charge in [0, 0.05) is 5.39 Å². The maximum Gasteiger partial charge on any atom is 0.307 e. The van der Waals surface area contributed by atoms with E-state index in [-0.39, 0.29) is 12.3 Å². The lowest BCUT2D eigenvalue weighted by Crippen LogP contribution is -2.30. The first-order valence-electron chi connectivity index (χ1n) is 10.6. The van der Waals surface area contributed by atoms with Gasteiger partial charge in [-0.15, -0.1) is 0 Å². The molecule has 4 aromatic rings. The van der Waals surface area contributed by atoms with Gasteiger partial charge in [0.15, 0.2) is 17.3 Å². The van der Waals surface area contributed by atoms with Crippen LogP contribution in [0, 0.1) is 0 Å². The number of furan rings is 1. The number of pyridine rings is 1. The summed E-state index contributed by atoms with van der Waals surface area (Å²) in [6.07, 6.45) is 1.49. The second-order valence-electron chi connectivity index (χ2n) is 7.47. The third-order valence-electron chi connectivity index (χ3n) is 5.45. The van der Waals surface area contributed by atoms with Crippen LogP contribution in [0.3, 0.4) is 0 Å². The second-order valence-corrected chi connectivity index (χ2v) is 7.47. The average molecular weight is 460 g/mol. The van der Waals surface area contributed by atoms with Crippen LogP contribution in [0.1, 0.15) is 28.4 Å². The summed E-state index contributed by atoms with van der Waals surface area (Å²) in [4.78, 5) is 30.3. The number of rotatable bonds is 8. The zero-order valence-electron chi connectivity index (χ0n) is 19.0. The number of hydrogen-bond donors (Lipinski definition) is 1. The van der Waals surface area contributed by atoms with Crippen LogP contribution in [0.5, 0.6) is 11.5 Å². The monoisotopic (exact) mass is 460 g/mol. The smallest absolute Gasteiger partial charge is 0.307 e. The van der Waals surface area contributed by atoms with Gasteiger partial charge in [0.25, 0.3) is 5.91 Å². The molecule has 2 heterocycles. The molecule has 2 aromatic heterocycles. The zero-order chi connectivity index (χ0) is 24.1. The lowest BCUT2D eigenvalue weighted by atomic mass is 10.0. The van der Waals surface area contributed by atoms with E-state index in [1.54, 1.807) is 42.7 Å². The molecule has 1 unspecified atom stereocenters. The van der Waals surface area contributed by atoms with Crippen LogP contribution in [0.15, 0.2) is 71.3 Å². The first-order chi connectivity index (χ1) is 16.5. The van der Waals surface area contributed by atoms with Gasteiger partial charge >= 0.3 is 5.97 Å². The minimum atomic E-state index is -0.668. The Labute approximate surface area is 196 Å². The fraction of sp³-hybridized carbons (Fsp3) is 0.192. The Balaban J connectivity index is 1.74. The predicted octanol–water partition coefficient (Wildman–Crippen LogP) is 4.55. The molecular formula is C26H24N2O6. The molecule has 1 amide bonds. The van der Waals surface area contributed by atoms with Crippen molar-refractivity contribution in [2.75, 3.05) is 21.3 Å². The molecule has 1 atom stereocenters. The molecule has 0 spiro atoms. The first-order valence-corrected chi connectivity index (χ1v) is 10.6. The van der Waals surface area contributed by atoms with Crippen molar-refractivity contribution in [3.05, 3.63) is 78.1 Å². The number of aromatic nitrogens is 1. The summed E-state index contributed by atoms with van der Waals surface area (Å²) in [5.74, 6) is 0.744. The summed E-state index contributed by atoms with van der Waals surface area (Å²) in [5, 5.41) is 3.65. The van der Waals surface area contributed by atoms with Gasteiger partial charge in [0.05, 0.1) is 51.1 Å². The van der Waals surface area contributed by atoms with Crippen LogP contribution in [-0.2, 0) is 9.53 Å². The van der Waals surface area contributed by atoms with Crippen molar-refractivity contribution >= 4 is 22.8 Å². The normalized spacial score (nSPS) is 11.6. The van der Waals surface area contributed by atoms with Gasteiger partial charge in [-0.05, 0) is 42.0 Å². The van der Waals surface area contributed by atoms with Crippen molar-refractivity contribution in [1.82, 2.24) is 10.3 Å². The Morgan fingerprint density at radius 1 is 0.971 bits per heavy atom. The molecular weight excluding hydrogens is 436 g/mol. The third kappa shape index (κ3) is 4.71. The molecule has 0 saturated carbocycles.